The number of thiazole rings is 1. The Bertz CT molecular complexity index is 1050. The minimum atomic E-state index is -0.441. The molecular weight excluding hydrogens is 364 g/mol. The number of para-hydroxylation sites is 1. The summed E-state index contributed by atoms with van der Waals surface area (Å²) < 4.78 is 13.2. The Kier molecular flexibility index (Phi) is 5.71. The lowest BCUT2D eigenvalue weighted by atomic mass is 10.1. The van der Waals surface area contributed by atoms with Gasteiger partial charge in [-0.1, -0.05) is 24.3 Å². The normalized spacial score (nSPS) is 11.6. The molecule has 0 aliphatic rings. The summed E-state index contributed by atoms with van der Waals surface area (Å²) in [5.74, 6) is -0.0429. The third-order valence-corrected chi connectivity index (χ3v) is 5.12. The molecule has 3 aromatic rings. The first-order chi connectivity index (χ1) is 13.1. The van der Waals surface area contributed by atoms with Crippen LogP contribution in [-0.4, -0.2) is 30.7 Å². The molecule has 7 heteroatoms. The molecule has 0 atom stereocenters. The van der Waals surface area contributed by atoms with Crippen LogP contribution in [0.25, 0.3) is 10.2 Å². The zero-order chi connectivity index (χ0) is 19.4. The van der Waals surface area contributed by atoms with E-state index in [1.165, 1.54) is 18.4 Å². The molecule has 0 radical (unpaired) electrons. The molecular formula is C20H20N2O4S. The first-order valence-corrected chi connectivity index (χ1v) is 9.34. The van der Waals surface area contributed by atoms with Crippen LogP contribution >= 0.6 is 11.3 Å². The number of aryl methyl sites for hydroxylation is 1. The first kappa shape index (κ1) is 18.8. The molecule has 1 amide bonds. The number of fused-ring (bicyclic) bond motifs is 1. The zero-order valence-corrected chi connectivity index (χ0v) is 16.2. The topological polar surface area (TPSA) is 69.9 Å². The van der Waals surface area contributed by atoms with E-state index in [0.29, 0.717) is 15.9 Å². The number of rotatable bonds is 5. The molecule has 140 valence electrons. The maximum atomic E-state index is 12.6. The number of nitrogens with zero attached hydrogens (tertiary/aromatic N) is 2. The van der Waals surface area contributed by atoms with Gasteiger partial charge in [-0.3, -0.25) is 4.79 Å². The van der Waals surface area contributed by atoms with Crippen LogP contribution in [0, 0.1) is 0 Å². The molecule has 2 aromatic carbocycles. The number of hydrogen-bond donors (Lipinski definition) is 0. The number of amides is 1. The maximum Gasteiger partial charge on any atom is 0.337 e. The molecule has 0 aliphatic heterocycles. The second kappa shape index (κ2) is 8.18. The summed E-state index contributed by atoms with van der Waals surface area (Å²) in [7, 11) is 2.95. The van der Waals surface area contributed by atoms with E-state index in [0.717, 1.165) is 28.9 Å². The van der Waals surface area contributed by atoms with Crippen molar-refractivity contribution in [2.45, 2.75) is 19.9 Å². The summed E-state index contributed by atoms with van der Waals surface area (Å²) in [6.45, 7) is 2.80. The average Bonchev–Trinajstić information content (AvgIpc) is 3.05. The number of carbonyl (C=O) groups excluding carboxylic acids is 2. The fourth-order valence-electron chi connectivity index (χ4n) is 2.80. The largest absolute Gasteiger partial charge is 0.495 e. The van der Waals surface area contributed by atoms with E-state index in [1.807, 2.05) is 22.8 Å². The molecule has 6 nitrogen and oxygen atoms in total. The number of benzene rings is 2. The summed E-state index contributed by atoms with van der Waals surface area (Å²) in [5, 5.41) is 0. The highest BCUT2D eigenvalue weighted by Gasteiger charge is 2.13. The van der Waals surface area contributed by atoms with Gasteiger partial charge >= 0.3 is 5.97 Å². The van der Waals surface area contributed by atoms with Gasteiger partial charge in [0.15, 0.2) is 4.80 Å². The van der Waals surface area contributed by atoms with Crippen LogP contribution in [0.15, 0.2) is 47.5 Å². The average molecular weight is 384 g/mol. The Morgan fingerprint density at radius 1 is 1.07 bits per heavy atom. The van der Waals surface area contributed by atoms with Crippen molar-refractivity contribution in [1.82, 2.24) is 4.57 Å². The van der Waals surface area contributed by atoms with E-state index in [2.05, 4.69) is 16.7 Å². The van der Waals surface area contributed by atoms with Crippen LogP contribution in [0.2, 0.25) is 0 Å². The Morgan fingerprint density at radius 2 is 1.78 bits per heavy atom. The van der Waals surface area contributed by atoms with Crippen molar-refractivity contribution < 1.29 is 19.1 Å². The van der Waals surface area contributed by atoms with Crippen LogP contribution in [0.4, 0.5) is 0 Å². The van der Waals surface area contributed by atoms with Crippen LogP contribution in [0.5, 0.6) is 5.75 Å². The predicted molar refractivity (Wildman–Crippen MR) is 104 cm³/mol. The minimum absolute atomic E-state index is 0.359. The van der Waals surface area contributed by atoms with E-state index < -0.39 is 5.97 Å². The third kappa shape index (κ3) is 3.78. The van der Waals surface area contributed by atoms with Crippen LogP contribution in [0.1, 0.15) is 34.1 Å². The second-order valence-corrected chi connectivity index (χ2v) is 6.84. The van der Waals surface area contributed by atoms with Crippen molar-refractivity contribution in [2.24, 2.45) is 4.99 Å². The predicted octanol–water partition coefficient (Wildman–Crippen LogP) is 3.65. The van der Waals surface area contributed by atoms with Gasteiger partial charge in [-0.2, -0.15) is 4.99 Å². The van der Waals surface area contributed by atoms with E-state index in [4.69, 9.17) is 4.74 Å². The molecule has 1 heterocycles. The number of carbonyl (C=O) groups is 2. The standard InChI is InChI=1S/C20H20N2O4S/c1-4-12-22-17-15(25-2)6-5-7-16(17)27-20(22)21-18(23)13-8-10-14(11-9-13)19(24)26-3/h5-11H,4,12H2,1-3H3. The smallest absolute Gasteiger partial charge is 0.337 e. The van der Waals surface area contributed by atoms with Gasteiger partial charge in [0, 0.05) is 12.1 Å². The van der Waals surface area contributed by atoms with Gasteiger partial charge in [0.25, 0.3) is 5.91 Å². The van der Waals surface area contributed by atoms with Crippen LogP contribution in [0.3, 0.4) is 0 Å². The Hall–Kier alpha value is -2.93. The molecule has 3 rings (SSSR count). The minimum Gasteiger partial charge on any atom is -0.495 e. The van der Waals surface area contributed by atoms with E-state index in [1.54, 1.807) is 31.4 Å². The third-order valence-electron chi connectivity index (χ3n) is 4.08. The summed E-state index contributed by atoms with van der Waals surface area (Å²) in [4.78, 5) is 29.1. The number of aromatic nitrogens is 1. The summed E-state index contributed by atoms with van der Waals surface area (Å²) in [5.41, 5.74) is 1.75. The molecule has 0 spiro atoms. The van der Waals surface area contributed by atoms with Gasteiger partial charge in [-0.25, -0.2) is 4.79 Å². The van der Waals surface area contributed by atoms with Gasteiger partial charge in [-0.15, -0.1) is 0 Å². The molecule has 0 saturated heterocycles. The number of esters is 1. The zero-order valence-electron chi connectivity index (χ0n) is 15.4. The Morgan fingerprint density at radius 3 is 2.41 bits per heavy atom. The van der Waals surface area contributed by atoms with Gasteiger partial charge in [0.05, 0.1) is 24.5 Å². The molecule has 0 unspecified atom stereocenters. The highest BCUT2D eigenvalue weighted by atomic mass is 32.1. The van der Waals surface area contributed by atoms with E-state index >= 15 is 0 Å². The fraction of sp³-hybridized carbons (Fsp3) is 0.250. The fourth-order valence-corrected chi connectivity index (χ4v) is 3.87. The van der Waals surface area contributed by atoms with E-state index in [9.17, 15) is 9.59 Å². The van der Waals surface area contributed by atoms with Crippen molar-refractivity contribution in [3.8, 4) is 5.75 Å². The molecule has 0 bridgehead atoms. The molecule has 0 N–H and O–H groups in total. The van der Waals surface area contributed by atoms with Crippen molar-refractivity contribution in [3.63, 3.8) is 0 Å². The maximum absolute atomic E-state index is 12.6. The van der Waals surface area contributed by atoms with Crippen molar-refractivity contribution in [3.05, 3.63) is 58.4 Å². The lowest BCUT2D eigenvalue weighted by Gasteiger charge is -2.07. The lowest BCUT2D eigenvalue weighted by molar-refractivity contribution is 0.0600. The molecule has 0 saturated carbocycles. The number of ether oxygens (including phenoxy) is 2. The van der Waals surface area contributed by atoms with Crippen LogP contribution in [-0.2, 0) is 11.3 Å². The lowest BCUT2D eigenvalue weighted by Crippen LogP contribution is -2.17. The molecule has 1 aromatic heterocycles. The Labute approximate surface area is 160 Å². The first-order valence-electron chi connectivity index (χ1n) is 8.52. The quantitative estimate of drug-likeness (QED) is 0.630. The highest BCUT2D eigenvalue weighted by molar-refractivity contribution is 7.16. The van der Waals surface area contributed by atoms with Crippen molar-refractivity contribution in [1.29, 1.82) is 0 Å². The van der Waals surface area contributed by atoms with Gasteiger partial charge < -0.3 is 14.0 Å². The van der Waals surface area contributed by atoms with Crippen molar-refractivity contribution in [2.75, 3.05) is 14.2 Å². The van der Waals surface area contributed by atoms with Gasteiger partial charge in [0.2, 0.25) is 0 Å². The number of methoxy groups -OCH3 is 2. The Balaban J connectivity index is 2.05. The summed E-state index contributed by atoms with van der Waals surface area (Å²) in [6.07, 6.45) is 0.902. The molecule has 0 fully saturated rings. The monoisotopic (exact) mass is 384 g/mol. The molecule has 0 aliphatic carbocycles. The SMILES string of the molecule is CCCn1c(=NC(=O)c2ccc(C(=O)OC)cc2)sc2cccc(OC)c21. The van der Waals surface area contributed by atoms with Crippen LogP contribution < -0.4 is 9.54 Å². The second-order valence-electron chi connectivity index (χ2n) is 5.83. The van der Waals surface area contributed by atoms with E-state index in [-0.39, 0.29) is 5.91 Å². The molecule has 27 heavy (non-hydrogen) atoms. The summed E-state index contributed by atoms with van der Waals surface area (Å²) in [6, 6.07) is 12.1. The summed E-state index contributed by atoms with van der Waals surface area (Å²) >= 11 is 1.45. The van der Waals surface area contributed by atoms with Crippen molar-refractivity contribution >= 4 is 33.4 Å². The van der Waals surface area contributed by atoms with Gasteiger partial charge in [0.1, 0.15) is 11.3 Å². The highest BCUT2D eigenvalue weighted by Crippen LogP contribution is 2.27. The van der Waals surface area contributed by atoms with Gasteiger partial charge in [-0.05, 0) is 42.8 Å². The number of hydrogen-bond acceptors (Lipinski definition) is 5.